The van der Waals surface area contributed by atoms with Crippen molar-refractivity contribution in [3.8, 4) is 0 Å². The van der Waals surface area contributed by atoms with Gasteiger partial charge in [-0.1, -0.05) is 25.5 Å². The molecule has 2 N–H and O–H groups in total. The molecule has 0 aromatic heterocycles. The lowest BCUT2D eigenvalue weighted by atomic mass is 9.88. The zero-order valence-corrected chi connectivity index (χ0v) is 12.0. The van der Waals surface area contributed by atoms with E-state index in [0.29, 0.717) is 0 Å². The molecule has 104 valence electrons. The molecule has 2 aliphatic rings. The number of rotatable bonds is 5. The van der Waals surface area contributed by atoms with E-state index in [9.17, 15) is 0 Å². The quantitative estimate of drug-likeness (QED) is 0.819. The lowest BCUT2D eigenvalue weighted by Gasteiger charge is -2.29. The van der Waals surface area contributed by atoms with Crippen LogP contribution in [0.1, 0.15) is 38.2 Å². The maximum Gasteiger partial charge on any atom is 0.0314 e. The Balaban J connectivity index is 1.57. The predicted octanol–water partition coefficient (Wildman–Crippen LogP) is 3.53. The Bertz CT molecular complexity index is 412. The third-order valence-electron chi connectivity index (χ3n) is 5.21. The van der Waals surface area contributed by atoms with Crippen molar-refractivity contribution < 1.29 is 0 Å². The van der Waals surface area contributed by atoms with Crippen LogP contribution in [0.5, 0.6) is 0 Å². The second kappa shape index (κ2) is 5.54. The van der Waals surface area contributed by atoms with Crippen LogP contribution in [0.4, 0.5) is 5.69 Å². The molecule has 2 fully saturated rings. The second-order valence-electron chi connectivity index (χ2n) is 6.50. The van der Waals surface area contributed by atoms with Gasteiger partial charge in [0.25, 0.3) is 0 Å². The molecule has 3 unspecified atom stereocenters. The molecule has 19 heavy (non-hydrogen) atoms. The summed E-state index contributed by atoms with van der Waals surface area (Å²) in [6, 6.07) is 8.36. The van der Waals surface area contributed by atoms with Gasteiger partial charge in [-0.05, 0) is 61.3 Å². The van der Waals surface area contributed by atoms with Gasteiger partial charge in [-0.25, -0.2) is 0 Å². The lowest BCUT2D eigenvalue weighted by Crippen LogP contribution is -2.31. The summed E-state index contributed by atoms with van der Waals surface area (Å²) in [4.78, 5) is 2.61. The van der Waals surface area contributed by atoms with Gasteiger partial charge in [0.2, 0.25) is 0 Å². The minimum absolute atomic E-state index is 0.861. The second-order valence-corrected chi connectivity index (χ2v) is 6.50. The number of nitrogens with two attached hydrogens (primary N) is 1. The van der Waals surface area contributed by atoms with E-state index < -0.39 is 0 Å². The molecule has 0 amide bonds. The molecule has 0 spiro atoms. The topological polar surface area (TPSA) is 29.3 Å². The summed E-state index contributed by atoms with van der Waals surface area (Å²) in [5, 5.41) is 0. The Morgan fingerprint density at radius 2 is 1.95 bits per heavy atom. The Kier molecular flexibility index (Phi) is 3.79. The highest BCUT2D eigenvalue weighted by atomic mass is 15.1. The number of fused-ring (bicyclic) bond motifs is 2. The molecule has 3 atom stereocenters. The van der Waals surface area contributed by atoms with E-state index in [1.54, 1.807) is 0 Å². The van der Waals surface area contributed by atoms with E-state index in [2.05, 4.69) is 24.0 Å². The van der Waals surface area contributed by atoms with Crippen LogP contribution in [0, 0.1) is 17.8 Å². The normalized spacial score (nSPS) is 29.3. The summed E-state index contributed by atoms with van der Waals surface area (Å²) in [6.45, 7) is 5.80. The van der Waals surface area contributed by atoms with Crippen LogP contribution < -0.4 is 5.73 Å². The summed E-state index contributed by atoms with van der Waals surface area (Å²) in [6.07, 6.45) is 6.01. The number of nitrogen functional groups attached to an aromatic ring is 1. The third-order valence-corrected chi connectivity index (χ3v) is 5.21. The highest BCUT2D eigenvalue weighted by molar-refractivity contribution is 5.39. The molecule has 2 nitrogen and oxygen atoms in total. The molecular formula is C17H26N2. The number of hydrogen-bond donors (Lipinski definition) is 1. The average Bonchev–Trinajstić information content (AvgIpc) is 3.03. The average molecular weight is 258 g/mol. The Hall–Kier alpha value is -1.02. The van der Waals surface area contributed by atoms with Crippen LogP contribution in [-0.4, -0.2) is 18.0 Å². The van der Waals surface area contributed by atoms with Gasteiger partial charge in [-0.2, -0.15) is 0 Å². The third kappa shape index (κ3) is 2.94. The molecular weight excluding hydrogens is 232 g/mol. The van der Waals surface area contributed by atoms with Crippen molar-refractivity contribution in [2.24, 2.45) is 17.8 Å². The standard InChI is InChI=1S/C17H26N2/c1-2-19(11-13-4-7-17(18)8-5-13)12-16-10-14-3-6-15(16)9-14/h4-5,7-8,14-16H,2-3,6,9-12,18H2,1H3. The fraction of sp³-hybridized carbons (Fsp3) is 0.647. The largest absolute Gasteiger partial charge is 0.399 e. The minimum atomic E-state index is 0.861. The molecule has 0 heterocycles. The molecule has 1 aromatic rings. The van der Waals surface area contributed by atoms with Crippen molar-refractivity contribution in [3.63, 3.8) is 0 Å². The monoisotopic (exact) mass is 258 g/mol. The van der Waals surface area contributed by atoms with Crippen molar-refractivity contribution in [3.05, 3.63) is 29.8 Å². The summed E-state index contributed by atoms with van der Waals surface area (Å²) in [7, 11) is 0. The van der Waals surface area contributed by atoms with E-state index in [1.807, 2.05) is 12.1 Å². The van der Waals surface area contributed by atoms with Crippen molar-refractivity contribution in [2.75, 3.05) is 18.8 Å². The molecule has 2 heteroatoms. The first kappa shape index (κ1) is 13.0. The molecule has 3 rings (SSSR count). The first-order valence-electron chi connectivity index (χ1n) is 7.81. The Labute approximate surface area is 117 Å². The molecule has 1 aromatic carbocycles. The first-order valence-corrected chi connectivity index (χ1v) is 7.81. The van der Waals surface area contributed by atoms with Crippen LogP contribution in [-0.2, 0) is 6.54 Å². The Morgan fingerprint density at radius 1 is 1.16 bits per heavy atom. The predicted molar refractivity (Wildman–Crippen MR) is 80.7 cm³/mol. The van der Waals surface area contributed by atoms with E-state index in [1.165, 1.54) is 37.8 Å². The maximum absolute atomic E-state index is 5.75. The van der Waals surface area contributed by atoms with Crippen molar-refractivity contribution in [1.29, 1.82) is 0 Å². The molecule has 0 aliphatic heterocycles. The summed E-state index contributed by atoms with van der Waals surface area (Å²) < 4.78 is 0. The zero-order valence-electron chi connectivity index (χ0n) is 12.0. The van der Waals surface area contributed by atoms with Crippen LogP contribution in [0.2, 0.25) is 0 Å². The minimum Gasteiger partial charge on any atom is -0.399 e. The van der Waals surface area contributed by atoms with Gasteiger partial charge in [-0.15, -0.1) is 0 Å². The van der Waals surface area contributed by atoms with E-state index >= 15 is 0 Å². The van der Waals surface area contributed by atoms with E-state index in [-0.39, 0.29) is 0 Å². The lowest BCUT2D eigenvalue weighted by molar-refractivity contribution is 0.190. The number of hydrogen-bond acceptors (Lipinski definition) is 2. The fourth-order valence-electron chi connectivity index (χ4n) is 4.12. The molecule has 0 radical (unpaired) electrons. The van der Waals surface area contributed by atoms with Gasteiger partial charge in [0.15, 0.2) is 0 Å². The van der Waals surface area contributed by atoms with Gasteiger partial charge in [0.1, 0.15) is 0 Å². The number of anilines is 1. The van der Waals surface area contributed by atoms with Crippen molar-refractivity contribution >= 4 is 5.69 Å². The summed E-state index contributed by atoms with van der Waals surface area (Å²) in [5.74, 6) is 3.06. The molecule has 2 bridgehead atoms. The first-order chi connectivity index (χ1) is 9.24. The van der Waals surface area contributed by atoms with Crippen LogP contribution in [0.25, 0.3) is 0 Å². The fourth-order valence-corrected chi connectivity index (χ4v) is 4.12. The van der Waals surface area contributed by atoms with Gasteiger partial charge < -0.3 is 5.73 Å². The van der Waals surface area contributed by atoms with Crippen LogP contribution in [0.15, 0.2) is 24.3 Å². The molecule has 0 saturated heterocycles. The molecule has 2 saturated carbocycles. The van der Waals surface area contributed by atoms with Gasteiger partial charge in [0.05, 0.1) is 0 Å². The van der Waals surface area contributed by atoms with E-state index in [4.69, 9.17) is 5.73 Å². The smallest absolute Gasteiger partial charge is 0.0314 e. The summed E-state index contributed by atoms with van der Waals surface area (Å²) in [5.41, 5.74) is 8.00. The summed E-state index contributed by atoms with van der Waals surface area (Å²) >= 11 is 0. The SMILES string of the molecule is CCN(Cc1ccc(N)cc1)CC1CC2CCC1C2. The maximum atomic E-state index is 5.75. The van der Waals surface area contributed by atoms with Crippen LogP contribution in [0.3, 0.4) is 0 Å². The van der Waals surface area contributed by atoms with Crippen molar-refractivity contribution in [2.45, 2.75) is 39.2 Å². The molecule has 2 aliphatic carbocycles. The number of nitrogens with zero attached hydrogens (tertiary/aromatic N) is 1. The van der Waals surface area contributed by atoms with E-state index in [0.717, 1.165) is 36.5 Å². The van der Waals surface area contributed by atoms with Crippen molar-refractivity contribution in [1.82, 2.24) is 4.90 Å². The number of benzene rings is 1. The van der Waals surface area contributed by atoms with Gasteiger partial charge >= 0.3 is 0 Å². The highest BCUT2D eigenvalue weighted by Crippen LogP contribution is 2.48. The van der Waals surface area contributed by atoms with Gasteiger partial charge in [-0.3, -0.25) is 4.90 Å². The highest BCUT2D eigenvalue weighted by Gasteiger charge is 2.39. The Morgan fingerprint density at radius 3 is 2.53 bits per heavy atom. The zero-order chi connectivity index (χ0) is 13.2. The van der Waals surface area contributed by atoms with Gasteiger partial charge in [0, 0.05) is 18.8 Å². The van der Waals surface area contributed by atoms with Crippen LogP contribution >= 0.6 is 0 Å².